The summed E-state index contributed by atoms with van der Waals surface area (Å²) < 4.78 is 50.5. The van der Waals surface area contributed by atoms with E-state index in [0.717, 1.165) is 15.2 Å². The van der Waals surface area contributed by atoms with E-state index in [0.29, 0.717) is 16.8 Å². The highest BCUT2D eigenvalue weighted by Crippen LogP contribution is 2.56. The van der Waals surface area contributed by atoms with Crippen molar-refractivity contribution in [2.45, 2.75) is 16.7 Å². The van der Waals surface area contributed by atoms with E-state index in [1.807, 2.05) is 13.0 Å². The molecule has 33 heavy (non-hydrogen) atoms. The first-order chi connectivity index (χ1) is 15.7. The van der Waals surface area contributed by atoms with Crippen LogP contribution in [0, 0.1) is 18.3 Å². The second kappa shape index (κ2) is 7.79. The number of rotatable bonds is 3. The van der Waals surface area contributed by atoms with Crippen LogP contribution in [0.1, 0.15) is 10.6 Å². The maximum atomic E-state index is 13.6. The van der Waals surface area contributed by atoms with Crippen LogP contribution in [-0.4, -0.2) is 39.8 Å². The number of pyridine rings is 1. The zero-order chi connectivity index (χ0) is 23.4. The van der Waals surface area contributed by atoms with Crippen LogP contribution in [-0.2, 0) is 10.0 Å². The molecule has 0 saturated carbocycles. The fourth-order valence-electron chi connectivity index (χ4n) is 3.78. The second-order valence-electron chi connectivity index (χ2n) is 7.54. The van der Waals surface area contributed by atoms with E-state index in [4.69, 9.17) is 5.26 Å². The van der Waals surface area contributed by atoms with Gasteiger partial charge in [-0.25, -0.2) is 13.4 Å². The van der Waals surface area contributed by atoms with Gasteiger partial charge in [0, 0.05) is 11.8 Å². The zero-order valence-electron chi connectivity index (χ0n) is 17.3. The summed E-state index contributed by atoms with van der Waals surface area (Å²) in [7, 11) is -7.11. The van der Waals surface area contributed by atoms with E-state index in [1.54, 1.807) is 36.4 Å². The maximum absolute atomic E-state index is 13.6. The standard InChI is InChI=1S/C22H18N4O4S3/c1-14-25-19-6-4-17(11-21(19)31-14)33(29,30)26-8-9-32(27,28)22-7-3-16(10-20(22)26)18-5-2-15(12-23)13-24-18/h2-7,10-11,13,27-28H,8-9H2,1H3. The highest BCUT2D eigenvalue weighted by atomic mass is 32.3. The lowest BCUT2D eigenvalue weighted by Gasteiger charge is -2.42. The van der Waals surface area contributed by atoms with E-state index >= 15 is 0 Å². The fraction of sp³-hybridized carbons (Fsp3) is 0.136. The van der Waals surface area contributed by atoms with Crippen molar-refractivity contribution in [2.24, 2.45) is 0 Å². The Morgan fingerprint density at radius 1 is 1.15 bits per heavy atom. The Hall–Kier alpha value is -3.01. The molecule has 0 radical (unpaired) electrons. The summed E-state index contributed by atoms with van der Waals surface area (Å²) in [5.74, 6) is -0.0877. The van der Waals surface area contributed by atoms with E-state index in [2.05, 4.69) is 9.97 Å². The van der Waals surface area contributed by atoms with Crippen molar-refractivity contribution in [3.05, 3.63) is 65.3 Å². The lowest BCUT2D eigenvalue weighted by Crippen LogP contribution is -2.38. The number of thiazole rings is 1. The Labute approximate surface area is 196 Å². The molecule has 2 N–H and O–H groups in total. The third kappa shape index (κ3) is 3.76. The van der Waals surface area contributed by atoms with Gasteiger partial charge in [0.25, 0.3) is 10.0 Å². The summed E-state index contributed by atoms with van der Waals surface area (Å²) in [6, 6.07) is 14.9. The third-order valence-corrected chi connectivity index (χ3v) is 9.95. The van der Waals surface area contributed by atoms with Crippen LogP contribution in [0.25, 0.3) is 21.5 Å². The van der Waals surface area contributed by atoms with Gasteiger partial charge in [-0.3, -0.25) is 18.4 Å². The second-order valence-corrected chi connectivity index (χ2v) is 12.8. The Bertz CT molecular complexity index is 1540. The SMILES string of the molecule is Cc1nc2ccc(S(=O)(=O)N3CCS(O)(O)c4ccc(-c5ccc(C#N)cn5)cc43)cc2s1. The van der Waals surface area contributed by atoms with E-state index in [-0.39, 0.29) is 27.8 Å². The Balaban J connectivity index is 1.63. The number of hydrogen-bond acceptors (Lipinski definition) is 8. The van der Waals surface area contributed by atoms with Crippen molar-refractivity contribution in [1.82, 2.24) is 9.97 Å². The molecule has 4 aromatic rings. The van der Waals surface area contributed by atoms with Crippen molar-refractivity contribution in [3.63, 3.8) is 0 Å². The van der Waals surface area contributed by atoms with Gasteiger partial charge >= 0.3 is 0 Å². The molecule has 0 aliphatic carbocycles. The summed E-state index contributed by atoms with van der Waals surface area (Å²) in [5.41, 5.74) is 2.50. The average Bonchev–Trinajstić information content (AvgIpc) is 3.18. The van der Waals surface area contributed by atoms with Crippen molar-refractivity contribution < 1.29 is 17.5 Å². The Morgan fingerprint density at radius 2 is 1.97 bits per heavy atom. The molecule has 0 spiro atoms. The average molecular weight is 499 g/mol. The summed E-state index contributed by atoms with van der Waals surface area (Å²) in [5, 5.41) is 9.84. The number of nitrogens with zero attached hydrogens (tertiary/aromatic N) is 4. The molecule has 1 aliphatic heterocycles. The molecule has 5 rings (SSSR count). The van der Waals surface area contributed by atoms with Crippen LogP contribution in [0.15, 0.2) is 64.5 Å². The summed E-state index contributed by atoms with van der Waals surface area (Å²) in [6.45, 7) is 1.80. The van der Waals surface area contributed by atoms with Gasteiger partial charge < -0.3 is 0 Å². The molecule has 3 heterocycles. The topological polar surface area (TPSA) is 127 Å². The van der Waals surface area contributed by atoms with Crippen molar-refractivity contribution in [1.29, 1.82) is 5.26 Å². The van der Waals surface area contributed by atoms with Crippen LogP contribution in [0.5, 0.6) is 0 Å². The van der Waals surface area contributed by atoms with Gasteiger partial charge in [-0.15, -0.1) is 11.3 Å². The van der Waals surface area contributed by atoms with Crippen LogP contribution >= 0.6 is 21.9 Å². The molecule has 2 aromatic carbocycles. The molecule has 0 unspecified atom stereocenters. The largest absolute Gasteiger partial charge is 0.295 e. The van der Waals surface area contributed by atoms with Crippen LogP contribution in [0.2, 0.25) is 0 Å². The molecule has 8 nitrogen and oxygen atoms in total. The van der Waals surface area contributed by atoms with Crippen molar-refractivity contribution >= 4 is 47.9 Å². The Morgan fingerprint density at radius 3 is 2.70 bits per heavy atom. The predicted octanol–water partition coefficient (Wildman–Crippen LogP) is 4.86. The minimum atomic E-state index is -3.98. The zero-order valence-corrected chi connectivity index (χ0v) is 19.8. The van der Waals surface area contributed by atoms with Crippen LogP contribution in [0.3, 0.4) is 0 Å². The number of sulfonamides is 1. The van der Waals surface area contributed by atoms with Crippen molar-refractivity contribution in [2.75, 3.05) is 16.6 Å². The molecule has 0 atom stereocenters. The first-order valence-corrected chi connectivity index (χ1v) is 13.8. The van der Waals surface area contributed by atoms with E-state index in [1.165, 1.54) is 34.0 Å². The molecule has 11 heteroatoms. The smallest absolute Gasteiger partial charge is 0.264 e. The molecular weight excluding hydrogens is 480 g/mol. The number of hydrogen-bond donors (Lipinski definition) is 2. The number of nitriles is 1. The molecule has 0 amide bonds. The van der Waals surface area contributed by atoms with Gasteiger partial charge in [0.2, 0.25) is 0 Å². The van der Waals surface area contributed by atoms with Crippen molar-refractivity contribution in [3.8, 4) is 17.3 Å². The number of anilines is 1. The molecule has 1 aliphatic rings. The summed E-state index contributed by atoms with van der Waals surface area (Å²) >= 11 is 1.42. The molecule has 0 saturated heterocycles. The third-order valence-electron chi connectivity index (χ3n) is 5.40. The first kappa shape index (κ1) is 21.8. The Kier molecular flexibility index (Phi) is 5.15. The molecule has 168 valence electrons. The van der Waals surface area contributed by atoms with Gasteiger partial charge in [0.15, 0.2) is 0 Å². The molecule has 0 fully saturated rings. The fourth-order valence-corrected chi connectivity index (χ4v) is 7.84. The minimum Gasteiger partial charge on any atom is -0.295 e. The first-order valence-electron chi connectivity index (χ1n) is 9.85. The van der Waals surface area contributed by atoms with Gasteiger partial charge in [-0.05, 0) is 49.4 Å². The number of fused-ring (bicyclic) bond motifs is 2. The quantitative estimate of drug-likeness (QED) is 0.413. The lowest BCUT2D eigenvalue weighted by atomic mass is 10.1. The monoisotopic (exact) mass is 498 g/mol. The van der Waals surface area contributed by atoms with E-state index < -0.39 is 20.6 Å². The highest BCUT2D eigenvalue weighted by Gasteiger charge is 2.36. The lowest BCUT2D eigenvalue weighted by molar-refractivity contribution is 0.484. The number of aromatic nitrogens is 2. The van der Waals surface area contributed by atoms with E-state index in [9.17, 15) is 17.5 Å². The number of aryl methyl sites for hydroxylation is 1. The van der Waals surface area contributed by atoms with Gasteiger partial charge in [0.1, 0.15) is 6.07 Å². The highest BCUT2D eigenvalue weighted by molar-refractivity contribution is 8.24. The maximum Gasteiger partial charge on any atom is 0.264 e. The van der Waals surface area contributed by atoms with Gasteiger partial charge in [-0.1, -0.05) is 6.07 Å². The normalized spacial score (nSPS) is 16.2. The predicted molar refractivity (Wildman–Crippen MR) is 129 cm³/mol. The summed E-state index contributed by atoms with van der Waals surface area (Å²) in [4.78, 5) is 8.95. The van der Waals surface area contributed by atoms with Crippen LogP contribution < -0.4 is 4.31 Å². The molecule has 0 bridgehead atoms. The van der Waals surface area contributed by atoms with Gasteiger partial charge in [-0.2, -0.15) is 15.9 Å². The number of benzene rings is 2. The van der Waals surface area contributed by atoms with Crippen LogP contribution in [0.4, 0.5) is 5.69 Å². The molecular formula is C22H18N4O4S3. The van der Waals surface area contributed by atoms with Gasteiger partial charge in [0.05, 0.1) is 54.3 Å². The molecule has 2 aromatic heterocycles. The minimum absolute atomic E-state index is 0.0678. The summed E-state index contributed by atoms with van der Waals surface area (Å²) in [6.07, 6.45) is 1.43.